The minimum absolute atomic E-state index is 0.528. The quantitative estimate of drug-likeness (QED) is 0.419. The molecule has 2 heterocycles. The molecule has 2 rings (SSSR count). The number of hydrogen-bond donors (Lipinski definition) is 0. The Hall–Kier alpha value is 2.10. The van der Waals surface area contributed by atoms with E-state index in [-0.39, 0.29) is 0 Å². The molecule has 0 aromatic rings. The molecule has 0 atom stereocenters. The lowest BCUT2D eigenvalue weighted by Gasteiger charge is -2.40. The number of rotatable bonds is 5. The van der Waals surface area contributed by atoms with Crippen LogP contribution < -0.4 is 0 Å². The summed E-state index contributed by atoms with van der Waals surface area (Å²) >= 11 is 12.3. The van der Waals surface area contributed by atoms with Gasteiger partial charge in [-0.1, -0.05) is 20.8 Å². The van der Waals surface area contributed by atoms with Crippen LogP contribution in [0.5, 0.6) is 0 Å². The highest BCUT2D eigenvalue weighted by Crippen LogP contribution is 2.57. The van der Waals surface area contributed by atoms with Crippen LogP contribution in [0.3, 0.4) is 0 Å². The smallest absolute Gasteiger partial charge is 0.0577 e. The van der Waals surface area contributed by atoms with Crippen molar-refractivity contribution < 1.29 is 0 Å². The summed E-state index contributed by atoms with van der Waals surface area (Å²) in [5, 5.41) is 0. The third-order valence-electron chi connectivity index (χ3n) is 3.05. The van der Waals surface area contributed by atoms with E-state index in [1.54, 1.807) is 0 Å². The molecule has 2 aliphatic rings. The molecule has 0 radical (unpaired) electrons. The van der Waals surface area contributed by atoms with Crippen LogP contribution in [-0.4, -0.2) is 41.8 Å². The average Bonchev–Trinajstić information content (AvgIpc) is 3.01. The van der Waals surface area contributed by atoms with Crippen molar-refractivity contribution in [1.29, 1.82) is 0 Å². The molecule has 2 fully saturated rings. The zero-order chi connectivity index (χ0) is 17.0. The summed E-state index contributed by atoms with van der Waals surface area (Å²) in [6, 6.07) is 0. The fourth-order valence-corrected chi connectivity index (χ4v) is 9.52. The van der Waals surface area contributed by atoms with Crippen molar-refractivity contribution in [3.05, 3.63) is 0 Å². The number of thioether (sulfide) groups is 6. The van der Waals surface area contributed by atoms with Crippen LogP contribution in [0.25, 0.3) is 0 Å². The second-order valence-electron chi connectivity index (χ2n) is 5.36. The average molecular weight is 419 g/mol. The van der Waals surface area contributed by atoms with Crippen LogP contribution in [0, 0.1) is 0 Å². The first-order chi connectivity index (χ1) is 10.4. The summed E-state index contributed by atoms with van der Waals surface area (Å²) in [6.45, 7) is 11.3. The summed E-state index contributed by atoms with van der Waals surface area (Å²) in [5.74, 6) is 2.76. The van der Waals surface area contributed by atoms with Crippen molar-refractivity contribution in [1.82, 2.24) is 0 Å². The van der Waals surface area contributed by atoms with Crippen LogP contribution >= 0.6 is 70.6 Å². The molecule has 2 saturated heterocycles. The standard InChI is InChI=1S/C6H12S2.C5H10S2.C5H12S2/c1-4-5-7-6(2,3)8-5;1-2-5-6-3-4-7-5;1-4-5(6-2)7-3/h5H,4H2,1-3H3;5H,2-4H2,1H3;5H,4H2,1-3H3. The van der Waals surface area contributed by atoms with Gasteiger partial charge in [-0.3, -0.25) is 0 Å². The van der Waals surface area contributed by atoms with Crippen LogP contribution in [0.15, 0.2) is 0 Å². The maximum absolute atomic E-state index is 2.29. The Balaban J connectivity index is 0.000000302. The van der Waals surface area contributed by atoms with Gasteiger partial charge in [-0.05, 0) is 45.6 Å². The molecule has 6 heteroatoms. The van der Waals surface area contributed by atoms with Crippen molar-refractivity contribution in [3.63, 3.8) is 0 Å². The molecule has 0 amide bonds. The first-order valence-electron chi connectivity index (χ1n) is 8.06. The first-order valence-corrected chi connectivity index (χ1v) is 14.5. The molecule has 134 valence electrons. The summed E-state index contributed by atoms with van der Waals surface area (Å²) < 4.78 is 3.17. The van der Waals surface area contributed by atoms with Crippen molar-refractivity contribution in [2.24, 2.45) is 0 Å². The Bertz CT molecular complexity index is 232. The summed E-state index contributed by atoms with van der Waals surface area (Å²) in [6.07, 6.45) is 8.26. The van der Waals surface area contributed by atoms with Crippen molar-refractivity contribution in [2.75, 3.05) is 24.0 Å². The van der Waals surface area contributed by atoms with E-state index in [0.717, 1.165) is 13.7 Å². The van der Waals surface area contributed by atoms with E-state index in [1.165, 1.54) is 30.8 Å². The van der Waals surface area contributed by atoms with Crippen molar-refractivity contribution >= 4 is 70.6 Å². The zero-order valence-electron chi connectivity index (χ0n) is 15.2. The summed E-state index contributed by atoms with van der Waals surface area (Å²) in [4.78, 5) is 0. The van der Waals surface area contributed by atoms with Crippen molar-refractivity contribution in [3.8, 4) is 0 Å². The Morgan fingerprint density at radius 1 is 0.909 bits per heavy atom. The van der Waals surface area contributed by atoms with Crippen LogP contribution in [0.4, 0.5) is 0 Å². The van der Waals surface area contributed by atoms with Gasteiger partial charge < -0.3 is 0 Å². The molecule has 0 bridgehead atoms. The van der Waals surface area contributed by atoms with Gasteiger partial charge in [0.05, 0.1) is 8.66 Å². The molecule has 0 spiro atoms. The molecule has 0 unspecified atom stereocenters. The van der Waals surface area contributed by atoms with E-state index in [1.807, 2.05) is 23.5 Å². The van der Waals surface area contributed by atoms with E-state index in [4.69, 9.17) is 0 Å². The van der Waals surface area contributed by atoms with Crippen LogP contribution in [0.2, 0.25) is 0 Å². The highest BCUT2D eigenvalue weighted by atomic mass is 32.3. The van der Waals surface area contributed by atoms with Gasteiger partial charge >= 0.3 is 0 Å². The molecular weight excluding hydrogens is 385 g/mol. The van der Waals surface area contributed by atoms with Gasteiger partial charge in [0.1, 0.15) is 0 Å². The lowest BCUT2D eigenvalue weighted by atomic mass is 10.5. The van der Waals surface area contributed by atoms with E-state index in [9.17, 15) is 0 Å². The third kappa shape index (κ3) is 11.6. The predicted molar refractivity (Wildman–Crippen MR) is 123 cm³/mol. The molecule has 2 aliphatic heterocycles. The van der Waals surface area contributed by atoms with Gasteiger partial charge in [0.15, 0.2) is 0 Å². The molecular formula is C16H34S6. The molecule has 0 aliphatic carbocycles. The minimum Gasteiger partial charge on any atom is -0.151 e. The Labute approximate surface area is 165 Å². The molecule has 0 aromatic heterocycles. The normalized spacial score (nSPS) is 20.7. The topological polar surface area (TPSA) is 0 Å². The second-order valence-corrected chi connectivity index (χ2v) is 14.9. The fraction of sp³-hybridized carbons (Fsp3) is 1.00. The maximum Gasteiger partial charge on any atom is 0.0577 e. The van der Waals surface area contributed by atoms with Crippen molar-refractivity contribution in [2.45, 2.75) is 71.7 Å². The maximum atomic E-state index is 2.29. The monoisotopic (exact) mass is 418 g/mol. The van der Waals surface area contributed by atoms with Gasteiger partial charge in [-0.25, -0.2) is 0 Å². The first kappa shape index (κ1) is 24.1. The molecule has 0 N–H and O–H groups in total. The lowest BCUT2D eigenvalue weighted by molar-refractivity contribution is 0.938. The van der Waals surface area contributed by atoms with E-state index < -0.39 is 0 Å². The highest BCUT2D eigenvalue weighted by Gasteiger charge is 2.36. The molecule has 0 nitrogen and oxygen atoms in total. The number of hydrogen-bond acceptors (Lipinski definition) is 6. The highest BCUT2D eigenvalue weighted by molar-refractivity contribution is 8.34. The van der Waals surface area contributed by atoms with Gasteiger partial charge in [-0.15, -0.1) is 47.0 Å². The van der Waals surface area contributed by atoms with Crippen LogP contribution in [0.1, 0.15) is 53.9 Å². The second kappa shape index (κ2) is 14.3. The van der Waals surface area contributed by atoms with E-state index in [2.05, 4.69) is 94.2 Å². The SMILES string of the molecule is CCC(SC)SC.CCC1SC(C)(C)S1.CCC1SCCS1. The third-order valence-corrected chi connectivity index (χ3v) is 12.8. The molecule has 0 saturated carbocycles. The Morgan fingerprint density at radius 2 is 1.36 bits per heavy atom. The lowest BCUT2D eigenvalue weighted by Crippen LogP contribution is -2.26. The van der Waals surface area contributed by atoms with Gasteiger partial charge in [0, 0.05) is 20.7 Å². The van der Waals surface area contributed by atoms with Gasteiger partial charge in [-0.2, -0.15) is 23.5 Å². The molecule has 22 heavy (non-hydrogen) atoms. The zero-order valence-corrected chi connectivity index (χ0v) is 20.1. The van der Waals surface area contributed by atoms with Gasteiger partial charge in [0.2, 0.25) is 0 Å². The Morgan fingerprint density at radius 3 is 1.50 bits per heavy atom. The van der Waals surface area contributed by atoms with Crippen LogP contribution in [-0.2, 0) is 0 Å². The summed E-state index contributed by atoms with van der Waals surface area (Å²) in [7, 11) is 0. The summed E-state index contributed by atoms with van der Waals surface area (Å²) in [5.41, 5.74) is 0. The predicted octanol–water partition coefficient (Wildman–Crippen LogP) is 7.59. The van der Waals surface area contributed by atoms with E-state index in [0.29, 0.717) is 4.08 Å². The molecule has 0 aromatic carbocycles. The van der Waals surface area contributed by atoms with Gasteiger partial charge in [0.25, 0.3) is 0 Å². The fourth-order valence-electron chi connectivity index (χ4n) is 1.88. The Kier molecular flexibility index (Phi) is 15.7. The van der Waals surface area contributed by atoms with E-state index >= 15 is 0 Å². The largest absolute Gasteiger partial charge is 0.151 e. The minimum atomic E-state index is 0.528.